The van der Waals surface area contributed by atoms with Crippen molar-refractivity contribution in [3.05, 3.63) is 18.2 Å². The van der Waals surface area contributed by atoms with Gasteiger partial charge in [-0.05, 0) is 19.8 Å². The summed E-state index contributed by atoms with van der Waals surface area (Å²) in [5.41, 5.74) is 0. The molecule has 28 heavy (non-hydrogen) atoms. The molecule has 0 aromatic carbocycles. The molecule has 0 aliphatic carbocycles. The lowest BCUT2D eigenvalue weighted by atomic mass is 10.2. The molecule has 0 radical (unpaired) electrons. The van der Waals surface area contributed by atoms with Crippen molar-refractivity contribution in [2.75, 3.05) is 39.8 Å². The maximum absolute atomic E-state index is 11.9. The van der Waals surface area contributed by atoms with Crippen LogP contribution in [0.15, 0.2) is 17.4 Å². The number of imidazole rings is 1. The van der Waals surface area contributed by atoms with Gasteiger partial charge >= 0.3 is 0 Å². The number of nitrogens with zero attached hydrogens (tertiary/aromatic N) is 5. The summed E-state index contributed by atoms with van der Waals surface area (Å²) in [5.74, 6) is 2.59. The van der Waals surface area contributed by atoms with Crippen LogP contribution in [0.4, 0.5) is 0 Å². The highest BCUT2D eigenvalue weighted by atomic mass is 127. The van der Waals surface area contributed by atoms with Crippen LogP contribution in [-0.4, -0.2) is 77.0 Å². The van der Waals surface area contributed by atoms with Crippen LogP contribution in [0.5, 0.6) is 0 Å². The average Bonchev–Trinajstić information content (AvgIpc) is 3.02. The van der Waals surface area contributed by atoms with E-state index in [0.29, 0.717) is 19.0 Å². The molecular weight excluding hydrogens is 469 g/mol. The van der Waals surface area contributed by atoms with Gasteiger partial charge in [0.25, 0.3) is 0 Å². The number of carbonyl (C=O) groups excluding carboxylic acids is 1. The highest BCUT2D eigenvalue weighted by molar-refractivity contribution is 14.0. The van der Waals surface area contributed by atoms with Crippen molar-refractivity contribution in [2.45, 2.75) is 46.8 Å². The number of aliphatic imine (C=N–C) groups is 1. The zero-order valence-corrected chi connectivity index (χ0v) is 20.1. The van der Waals surface area contributed by atoms with Crippen molar-refractivity contribution in [1.82, 2.24) is 30.0 Å². The number of aromatic nitrogens is 2. The van der Waals surface area contributed by atoms with Gasteiger partial charge in [0.15, 0.2) is 5.96 Å². The minimum absolute atomic E-state index is 0. The Balaban J connectivity index is 0.00000392. The molecule has 9 heteroatoms. The molecule has 2 rings (SSSR count). The van der Waals surface area contributed by atoms with Crippen LogP contribution in [0.3, 0.4) is 0 Å². The highest BCUT2D eigenvalue weighted by Crippen LogP contribution is 2.05. The Labute approximate surface area is 186 Å². The number of halogens is 1. The molecule has 1 saturated heterocycles. The van der Waals surface area contributed by atoms with Gasteiger partial charge in [0, 0.05) is 58.2 Å². The fraction of sp³-hybridized carbons (Fsp3) is 0.737. The lowest BCUT2D eigenvalue weighted by Crippen LogP contribution is -2.54. The molecule has 1 aromatic rings. The first-order valence-electron chi connectivity index (χ1n) is 9.86. The predicted molar refractivity (Wildman–Crippen MR) is 124 cm³/mol. The second-order valence-electron chi connectivity index (χ2n) is 7.78. The van der Waals surface area contributed by atoms with Crippen molar-refractivity contribution in [1.29, 1.82) is 0 Å². The zero-order chi connectivity index (χ0) is 19.8. The summed E-state index contributed by atoms with van der Waals surface area (Å²) < 4.78 is 2.19. The van der Waals surface area contributed by atoms with E-state index in [1.807, 2.05) is 33.3 Å². The summed E-state index contributed by atoms with van der Waals surface area (Å²) in [4.78, 5) is 25.2. The number of guanidine groups is 1. The van der Waals surface area contributed by atoms with Crippen molar-refractivity contribution in [3.63, 3.8) is 0 Å². The third-order valence-corrected chi connectivity index (χ3v) is 4.47. The largest absolute Gasteiger partial charge is 0.353 e. The Kier molecular flexibility index (Phi) is 10.8. The van der Waals surface area contributed by atoms with Gasteiger partial charge in [-0.3, -0.25) is 14.7 Å². The second kappa shape index (κ2) is 12.3. The summed E-state index contributed by atoms with van der Waals surface area (Å²) in [5, 5.41) is 6.38. The Bertz CT molecular complexity index is 622. The van der Waals surface area contributed by atoms with Gasteiger partial charge in [-0.25, -0.2) is 4.98 Å². The molecule has 2 heterocycles. The second-order valence-corrected chi connectivity index (χ2v) is 7.78. The quantitative estimate of drug-likeness (QED) is 0.333. The van der Waals surface area contributed by atoms with Gasteiger partial charge in [-0.15, -0.1) is 24.0 Å². The van der Waals surface area contributed by atoms with Crippen molar-refractivity contribution < 1.29 is 4.79 Å². The van der Waals surface area contributed by atoms with Crippen LogP contribution in [0.25, 0.3) is 0 Å². The number of nitrogens with one attached hydrogen (secondary N) is 2. The standard InChI is InChI=1S/C19H35N7O.HI/c1-15(2)13-26-7-6-21-17(26)12-22-19(20-5)25-10-8-24(9-11-25)14-18(27)23-16(3)4;/h6-7,15-16H,8-14H2,1-5H3,(H,20,22)(H,23,27);1H. The van der Waals surface area contributed by atoms with E-state index in [0.717, 1.165) is 44.5 Å². The maximum atomic E-state index is 11.9. The fourth-order valence-electron chi connectivity index (χ4n) is 3.25. The zero-order valence-electron chi connectivity index (χ0n) is 17.8. The predicted octanol–water partition coefficient (Wildman–Crippen LogP) is 1.37. The molecule has 160 valence electrons. The van der Waals surface area contributed by atoms with Gasteiger partial charge in [0.2, 0.25) is 5.91 Å². The molecule has 2 N–H and O–H groups in total. The first-order valence-corrected chi connectivity index (χ1v) is 9.86. The van der Waals surface area contributed by atoms with E-state index in [-0.39, 0.29) is 35.9 Å². The summed E-state index contributed by atoms with van der Waals surface area (Å²) >= 11 is 0. The van der Waals surface area contributed by atoms with Gasteiger partial charge < -0.3 is 20.1 Å². The first-order chi connectivity index (χ1) is 12.9. The summed E-state index contributed by atoms with van der Waals surface area (Å²) in [6, 6.07) is 0.185. The molecule has 1 aromatic heterocycles. The van der Waals surface area contributed by atoms with E-state index in [2.05, 4.69) is 48.8 Å². The molecule has 1 amide bonds. The number of piperazine rings is 1. The van der Waals surface area contributed by atoms with E-state index in [1.165, 1.54) is 0 Å². The lowest BCUT2D eigenvalue weighted by molar-refractivity contribution is -0.123. The first kappa shape index (κ1) is 24.7. The van der Waals surface area contributed by atoms with Crippen molar-refractivity contribution in [2.24, 2.45) is 10.9 Å². The van der Waals surface area contributed by atoms with E-state index in [9.17, 15) is 4.79 Å². The number of amides is 1. The molecule has 0 unspecified atom stereocenters. The smallest absolute Gasteiger partial charge is 0.234 e. The summed E-state index contributed by atoms with van der Waals surface area (Å²) in [6.45, 7) is 13.9. The summed E-state index contributed by atoms with van der Waals surface area (Å²) in [6.07, 6.45) is 3.88. The van der Waals surface area contributed by atoms with Crippen LogP contribution >= 0.6 is 24.0 Å². The van der Waals surface area contributed by atoms with E-state index < -0.39 is 0 Å². The molecule has 1 aliphatic rings. The molecule has 1 aliphatic heterocycles. The normalized spacial score (nSPS) is 15.7. The Hall–Kier alpha value is -1.36. The fourth-order valence-corrected chi connectivity index (χ4v) is 3.25. The molecular formula is C19H36IN7O. The van der Waals surface area contributed by atoms with E-state index in [4.69, 9.17) is 0 Å². The van der Waals surface area contributed by atoms with E-state index >= 15 is 0 Å². The molecule has 0 atom stereocenters. The molecule has 0 bridgehead atoms. The van der Waals surface area contributed by atoms with Crippen LogP contribution in [0.1, 0.15) is 33.5 Å². The Morgan fingerprint density at radius 1 is 1.21 bits per heavy atom. The Morgan fingerprint density at radius 2 is 1.89 bits per heavy atom. The number of hydrogen-bond acceptors (Lipinski definition) is 4. The topological polar surface area (TPSA) is 77.8 Å². The van der Waals surface area contributed by atoms with Crippen LogP contribution in [0, 0.1) is 5.92 Å². The van der Waals surface area contributed by atoms with Gasteiger partial charge in [0.1, 0.15) is 5.82 Å². The molecule has 0 saturated carbocycles. The van der Waals surface area contributed by atoms with Crippen molar-refractivity contribution in [3.8, 4) is 0 Å². The number of hydrogen-bond donors (Lipinski definition) is 2. The van der Waals surface area contributed by atoms with Crippen LogP contribution < -0.4 is 10.6 Å². The minimum atomic E-state index is 0. The van der Waals surface area contributed by atoms with Crippen LogP contribution in [-0.2, 0) is 17.9 Å². The van der Waals surface area contributed by atoms with Gasteiger partial charge in [-0.2, -0.15) is 0 Å². The monoisotopic (exact) mass is 505 g/mol. The molecule has 8 nitrogen and oxygen atoms in total. The summed E-state index contributed by atoms with van der Waals surface area (Å²) in [7, 11) is 1.81. The average molecular weight is 505 g/mol. The molecule has 0 spiro atoms. The lowest BCUT2D eigenvalue weighted by Gasteiger charge is -2.36. The third kappa shape index (κ3) is 7.94. The van der Waals surface area contributed by atoms with Crippen LogP contribution in [0.2, 0.25) is 0 Å². The van der Waals surface area contributed by atoms with Gasteiger partial charge in [0.05, 0.1) is 13.1 Å². The molecule has 1 fully saturated rings. The van der Waals surface area contributed by atoms with E-state index in [1.54, 1.807) is 0 Å². The van der Waals surface area contributed by atoms with Crippen molar-refractivity contribution >= 4 is 35.8 Å². The Morgan fingerprint density at radius 3 is 2.46 bits per heavy atom. The number of rotatable bonds is 7. The highest BCUT2D eigenvalue weighted by Gasteiger charge is 2.21. The minimum Gasteiger partial charge on any atom is -0.353 e. The third-order valence-electron chi connectivity index (χ3n) is 4.47. The SMILES string of the molecule is CN=C(NCc1nccn1CC(C)C)N1CCN(CC(=O)NC(C)C)CC1.I. The maximum Gasteiger partial charge on any atom is 0.234 e. The number of carbonyl (C=O) groups is 1. The van der Waals surface area contributed by atoms with Gasteiger partial charge in [-0.1, -0.05) is 13.8 Å².